The van der Waals surface area contributed by atoms with Crippen molar-refractivity contribution in [1.29, 1.82) is 0 Å². The molecule has 0 fully saturated rings. The molecule has 0 rings (SSSR count). The molecule has 6 nitrogen and oxygen atoms in total. The number of hydrogen-bond acceptors (Lipinski definition) is 4. The topological polar surface area (TPSA) is 104 Å². The summed E-state index contributed by atoms with van der Waals surface area (Å²) in [6.07, 6.45) is 8.47. The highest BCUT2D eigenvalue weighted by atomic mass is 16.4. The van der Waals surface area contributed by atoms with Gasteiger partial charge in [-0.1, -0.05) is 24.3 Å². The van der Waals surface area contributed by atoms with Crippen LogP contribution in [0.2, 0.25) is 0 Å². The summed E-state index contributed by atoms with van der Waals surface area (Å²) >= 11 is 0. The maximum Gasteiger partial charge on any atom is 0.334 e. The van der Waals surface area contributed by atoms with Gasteiger partial charge in [0, 0.05) is 6.08 Å². The van der Waals surface area contributed by atoms with Gasteiger partial charge in [-0.2, -0.15) is 4.99 Å². The molecule has 23 heavy (non-hydrogen) atoms. The Bertz CT molecular complexity index is 608. The lowest BCUT2D eigenvalue weighted by Crippen LogP contribution is -2.36. The Balaban J connectivity index is 6.68. The standard InChI is InChI=1S/C17H19NO5/c1-4-7-9-13(8-5-2)17(10-6-3,18-12-19)14(16(22)23)11-15(20)21/h4-6,9,11H,1-3,7-8,10H2,(H,20,21)(H,22,23)/b13-9?,14-11+. The van der Waals surface area contributed by atoms with Gasteiger partial charge >= 0.3 is 11.9 Å². The van der Waals surface area contributed by atoms with E-state index in [1.54, 1.807) is 12.2 Å². The number of rotatable bonds is 11. The fourth-order valence-corrected chi connectivity index (χ4v) is 2.16. The molecule has 0 saturated heterocycles. The van der Waals surface area contributed by atoms with Gasteiger partial charge in [-0.3, -0.25) is 0 Å². The summed E-state index contributed by atoms with van der Waals surface area (Å²) in [7, 11) is 0. The van der Waals surface area contributed by atoms with Crippen LogP contribution >= 0.6 is 0 Å². The number of carbonyl (C=O) groups excluding carboxylic acids is 1. The molecule has 6 heteroatoms. The second-order valence-electron chi connectivity index (χ2n) is 4.50. The maximum atomic E-state index is 11.6. The number of carbonyl (C=O) groups is 2. The Morgan fingerprint density at radius 2 is 1.78 bits per heavy atom. The van der Waals surface area contributed by atoms with Crippen LogP contribution in [0.3, 0.4) is 0 Å². The Kier molecular flexibility index (Phi) is 8.59. The highest BCUT2D eigenvalue weighted by Crippen LogP contribution is 2.37. The molecule has 0 aliphatic rings. The maximum absolute atomic E-state index is 11.6. The molecule has 1 unspecified atom stereocenters. The Hall–Kier alpha value is -2.98. The number of allylic oxidation sites excluding steroid dienone is 3. The first-order chi connectivity index (χ1) is 10.9. The van der Waals surface area contributed by atoms with Gasteiger partial charge < -0.3 is 10.2 Å². The van der Waals surface area contributed by atoms with Crippen LogP contribution in [0.15, 0.2) is 66.3 Å². The van der Waals surface area contributed by atoms with Crippen LogP contribution in [0.5, 0.6) is 0 Å². The summed E-state index contributed by atoms with van der Waals surface area (Å²) in [4.78, 5) is 37.2. The van der Waals surface area contributed by atoms with Crippen molar-refractivity contribution in [2.24, 2.45) is 4.99 Å². The zero-order chi connectivity index (χ0) is 17.9. The minimum absolute atomic E-state index is 0.0789. The highest BCUT2D eigenvalue weighted by molar-refractivity contribution is 5.97. The van der Waals surface area contributed by atoms with Gasteiger partial charge in [0.05, 0.1) is 5.57 Å². The van der Waals surface area contributed by atoms with Gasteiger partial charge in [0.2, 0.25) is 6.08 Å². The Morgan fingerprint density at radius 3 is 2.17 bits per heavy atom. The predicted octanol–water partition coefficient (Wildman–Crippen LogP) is 2.81. The molecule has 0 amide bonds. The van der Waals surface area contributed by atoms with Crippen LogP contribution in [0.25, 0.3) is 0 Å². The van der Waals surface area contributed by atoms with E-state index in [4.69, 9.17) is 5.11 Å². The summed E-state index contributed by atoms with van der Waals surface area (Å²) in [5.41, 5.74) is -1.85. The second kappa shape index (κ2) is 9.87. The molecule has 0 aromatic carbocycles. The zero-order valence-corrected chi connectivity index (χ0v) is 12.7. The van der Waals surface area contributed by atoms with Crippen molar-refractivity contribution in [3.8, 4) is 0 Å². The van der Waals surface area contributed by atoms with Crippen molar-refractivity contribution in [3.63, 3.8) is 0 Å². The first-order valence-electron chi connectivity index (χ1n) is 6.69. The molecule has 1 atom stereocenters. The average Bonchev–Trinajstić information content (AvgIpc) is 2.48. The molecule has 0 heterocycles. The van der Waals surface area contributed by atoms with Gasteiger partial charge in [0.25, 0.3) is 0 Å². The first kappa shape index (κ1) is 20.0. The molecule has 2 N–H and O–H groups in total. The number of carboxylic acids is 2. The number of hydrogen-bond donors (Lipinski definition) is 2. The van der Waals surface area contributed by atoms with E-state index in [1.807, 2.05) is 0 Å². The quantitative estimate of drug-likeness (QED) is 0.264. The molecule has 0 radical (unpaired) electrons. The average molecular weight is 317 g/mol. The molecule has 0 aliphatic heterocycles. The van der Waals surface area contributed by atoms with Crippen LogP contribution < -0.4 is 0 Å². The molecule has 122 valence electrons. The normalized spacial score (nSPS) is 14.1. The third kappa shape index (κ3) is 5.37. The molecule has 0 aromatic heterocycles. The molecule has 0 aliphatic carbocycles. The van der Waals surface area contributed by atoms with E-state index in [-0.39, 0.29) is 12.8 Å². The number of carboxylic acid groups (broad SMARTS) is 2. The van der Waals surface area contributed by atoms with Crippen molar-refractivity contribution in [2.75, 3.05) is 0 Å². The summed E-state index contributed by atoms with van der Waals surface area (Å²) in [6.45, 7) is 10.7. The van der Waals surface area contributed by atoms with E-state index in [2.05, 4.69) is 24.7 Å². The van der Waals surface area contributed by atoms with Crippen molar-refractivity contribution in [3.05, 3.63) is 61.3 Å². The largest absolute Gasteiger partial charge is 0.478 e. The third-order valence-corrected chi connectivity index (χ3v) is 3.05. The third-order valence-electron chi connectivity index (χ3n) is 3.05. The number of nitrogens with zero attached hydrogens (tertiary/aromatic N) is 1. The lowest BCUT2D eigenvalue weighted by molar-refractivity contribution is -0.135. The molecule has 0 spiro atoms. The van der Waals surface area contributed by atoms with Crippen molar-refractivity contribution in [2.45, 2.75) is 24.8 Å². The van der Waals surface area contributed by atoms with Gasteiger partial charge in [-0.15, -0.1) is 19.7 Å². The smallest absolute Gasteiger partial charge is 0.334 e. The van der Waals surface area contributed by atoms with Gasteiger partial charge in [-0.25, -0.2) is 14.4 Å². The van der Waals surface area contributed by atoms with Crippen molar-refractivity contribution in [1.82, 2.24) is 0 Å². The van der Waals surface area contributed by atoms with Crippen LogP contribution in [0.1, 0.15) is 19.3 Å². The lowest BCUT2D eigenvalue weighted by Gasteiger charge is -2.30. The minimum Gasteiger partial charge on any atom is -0.478 e. The van der Waals surface area contributed by atoms with Gasteiger partial charge in [0.15, 0.2) is 0 Å². The Labute approximate surface area is 134 Å². The fourth-order valence-electron chi connectivity index (χ4n) is 2.16. The first-order valence-corrected chi connectivity index (χ1v) is 6.69. The number of aliphatic imine (C=N–C) groups is 1. The van der Waals surface area contributed by atoms with Crippen LogP contribution in [0, 0.1) is 0 Å². The zero-order valence-electron chi connectivity index (χ0n) is 12.7. The fraction of sp³-hybridized carbons (Fsp3) is 0.235. The van der Waals surface area contributed by atoms with Gasteiger partial charge in [-0.05, 0) is 24.8 Å². The Morgan fingerprint density at radius 1 is 1.13 bits per heavy atom. The number of aliphatic carboxylic acids is 2. The predicted molar refractivity (Wildman–Crippen MR) is 86.7 cm³/mol. The van der Waals surface area contributed by atoms with E-state index in [0.717, 1.165) is 0 Å². The summed E-state index contributed by atoms with van der Waals surface area (Å²) in [5, 5.41) is 18.4. The van der Waals surface area contributed by atoms with Crippen LogP contribution in [-0.2, 0) is 14.4 Å². The van der Waals surface area contributed by atoms with Crippen molar-refractivity contribution >= 4 is 18.0 Å². The van der Waals surface area contributed by atoms with E-state index in [1.165, 1.54) is 18.2 Å². The molecular weight excluding hydrogens is 298 g/mol. The van der Waals surface area contributed by atoms with Crippen molar-refractivity contribution < 1.29 is 24.6 Å². The monoisotopic (exact) mass is 317 g/mol. The van der Waals surface area contributed by atoms with Gasteiger partial charge in [0.1, 0.15) is 5.54 Å². The highest BCUT2D eigenvalue weighted by Gasteiger charge is 2.41. The van der Waals surface area contributed by atoms with Crippen LogP contribution in [-0.4, -0.2) is 33.8 Å². The second-order valence-corrected chi connectivity index (χ2v) is 4.50. The van der Waals surface area contributed by atoms with Crippen LogP contribution in [0.4, 0.5) is 0 Å². The number of isocyanates is 1. The molecule has 0 aromatic rings. The van der Waals surface area contributed by atoms with E-state index >= 15 is 0 Å². The molecule has 0 saturated carbocycles. The summed E-state index contributed by atoms with van der Waals surface area (Å²) in [5.74, 6) is -2.96. The molecular formula is C17H19NO5. The van der Waals surface area contributed by atoms with E-state index in [0.29, 0.717) is 18.1 Å². The summed E-state index contributed by atoms with van der Waals surface area (Å²) in [6, 6.07) is 0. The molecule has 0 bridgehead atoms. The minimum atomic E-state index is -1.70. The van der Waals surface area contributed by atoms with E-state index < -0.39 is 23.1 Å². The SMILES string of the molecule is C=CCC=C(CC=C)C(CC=C)(N=C=O)/C(=C/C(=O)O)C(=O)O. The lowest BCUT2D eigenvalue weighted by atomic mass is 9.77. The van der Waals surface area contributed by atoms with E-state index in [9.17, 15) is 19.5 Å². The summed E-state index contributed by atoms with van der Waals surface area (Å²) < 4.78 is 0.